The molecule has 0 aromatic heterocycles. The summed E-state index contributed by atoms with van der Waals surface area (Å²) in [4.78, 5) is 12.9. The number of carbonyl (C=O) groups excluding carboxylic acids is 1. The van der Waals surface area contributed by atoms with E-state index in [2.05, 4.69) is 5.32 Å². The van der Waals surface area contributed by atoms with Gasteiger partial charge in [0.25, 0.3) is 15.9 Å². The third-order valence-corrected chi connectivity index (χ3v) is 7.38. The molecule has 0 aliphatic carbocycles. The number of amides is 1. The number of nitrogens with one attached hydrogen (secondary N) is 1. The average Bonchev–Trinajstić information content (AvgIpc) is 2.82. The maximum Gasteiger partial charge on any atom is 0.270 e. The van der Waals surface area contributed by atoms with E-state index in [9.17, 15) is 13.2 Å². The summed E-state index contributed by atoms with van der Waals surface area (Å²) < 4.78 is 33.5. The number of hydrogen-bond acceptors (Lipinski definition) is 4. The molecule has 0 radical (unpaired) electrons. The molecule has 0 spiro atoms. The Balaban J connectivity index is 1.64. The molecule has 1 aliphatic heterocycles. The number of halogens is 1. The molecule has 1 amide bonds. The second-order valence-electron chi connectivity index (χ2n) is 7.50. The van der Waals surface area contributed by atoms with E-state index in [0.717, 1.165) is 9.87 Å². The summed E-state index contributed by atoms with van der Waals surface area (Å²) in [5.41, 5.74) is 3.00. The van der Waals surface area contributed by atoms with Gasteiger partial charge >= 0.3 is 0 Å². The van der Waals surface area contributed by atoms with Crippen molar-refractivity contribution in [1.82, 2.24) is 5.32 Å². The van der Waals surface area contributed by atoms with Crippen LogP contribution in [0.4, 0.5) is 5.69 Å². The molecule has 3 aromatic rings. The van der Waals surface area contributed by atoms with Crippen LogP contribution in [0.1, 0.15) is 16.7 Å². The van der Waals surface area contributed by atoms with Crippen molar-refractivity contribution in [3.8, 4) is 0 Å². The van der Waals surface area contributed by atoms with Crippen LogP contribution in [0.15, 0.2) is 83.8 Å². The first-order valence-electron chi connectivity index (χ1n) is 10.4. The highest BCUT2D eigenvalue weighted by Crippen LogP contribution is 2.43. The second kappa shape index (κ2) is 9.79. The molecule has 33 heavy (non-hydrogen) atoms. The van der Waals surface area contributed by atoms with E-state index in [1.54, 1.807) is 42.5 Å². The van der Waals surface area contributed by atoms with Gasteiger partial charge in [0.2, 0.25) is 0 Å². The smallest absolute Gasteiger partial charge is 0.270 e. The van der Waals surface area contributed by atoms with Crippen molar-refractivity contribution in [2.24, 2.45) is 0 Å². The van der Waals surface area contributed by atoms with Gasteiger partial charge < -0.3 is 10.1 Å². The van der Waals surface area contributed by atoms with E-state index in [-0.39, 0.29) is 18.1 Å². The number of ether oxygens (including phenoxy) is 1. The maximum atomic E-state index is 13.4. The molecule has 1 heterocycles. The van der Waals surface area contributed by atoms with E-state index >= 15 is 0 Å². The van der Waals surface area contributed by atoms with Crippen LogP contribution in [0.2, 0.25) is 5.02 Å². The predicted octanol–water partition coefficient (Wildman–Crippen LogP) is 4.21. The van der Waals surface area contributed by atoms with Crippen LogP contribution in [0, 0.1) is 0 Å². The van der Waals surface area contributed by atoms with Crippen molar-refractivity contribution < 1.29 is 17.9 Å². The summed E-state index contributed by atoms with van der Waals surface area (Å²) in [6.45, 7) is 0.813. The fraction of sp³-hybridized carbons (Fsp3) is 0.160. The summed E-state index contributed by atoms with van der Waals surface area (Å²) >= 11 is 6.24. The number of anilines is 1. The first kappa shape index (κ1) is 23.0. The van der Waals surface area contributed by atoms with Crippen LogP contribution < -0.4 is 9.62 Å². The van der Waals surface area contributed by atoms with Gasteiger partial charge in [0.1, 0.15) is 0 Å². The van der Waals surface area contributed by atoms with Crippen molar-refractivity contribution in [1.29, 1.82) is 0 Å². The SMILES string of the molecule is CN1c2ccc(Cl)cc2C(c2ccccc2)=C(C(=O)NCCOCc2ccccc2)S1(=O)=O. The molecule has 1 aliphatic rings. The lowest BCUT2D eigenvalue weighted by atomic mass is 9.95. The zero-order valence-corrected chi connectivity index (χ0v) is 19.6. The van der Waals surface area contributed by atoms with Crippen molar-refractivity contribution >= 4 is 38.8 Å². The molecule has 6 nitrogen and oxygen atoms in total. The molecule has 8 heteroatoms. The van der Waals surface area contributed by atoms with Crippen molar-refractivity contribution in [3.63, 3.8) is 0 Å². The minimum Gasteiger partial charge on any atom is -0.375 e. The first-order valence-corrected chi connectivity index (χ1v) is 12.2. The predicted molar refractivity (Wildman–Crippen MR) is 130 cm³/mol. The molecule has 0 fully saturated rings. The molecule has 1 N–H and O–H groups in total. The zero-order chi connectivity index (χ0) is 23.4. The Morgan fingerprint density at radius 2 is 1.67 bits per heavy atom. The van der Waals surface area contributed by atoms with E-state index in [1.807, 2.05) is 36.4 Å². The number of sulfonamides is 1. The molecule has 4 rings (SSSR count). The van der Waals surface area contributed by atoms with E-state index < -0.39 is 15.9 Å². The van der Waals surface area contributed by atoms with Crippen LogP contribution in [0.3, 0.4) is 0 Å². The van der Waals surface area contributed by atoms with Gasteiger partial charge in [-0.2, -0.15) is 0 Å². The maximum absolute atomic E-state index is 13.4. The van der Waals surface area contributed by atoms with Crippen molar-refractivity contribution in [2.75, 3.05) is 24.5 Å². The third-order valence-electron chi connectivity index (χ3n) is 5.32. The minimum atomic E-state index is -4.09. The Kier molecular flexibility index (Phi) is 6.83. The first-order chi connectivity index (χ1) is 15.9. The Bertz CT molecular complexity index is 1290. The molecular weight excluding hydrogens is 460 g/mol. The van der Waals surface area contributed by atoms with Crippen LogP contribution in [-0.2, 0) is 26.2 Å². The monoisotopic (exact) mass is 482 g/mol. The van der Waals surface area contributed by atoms with Gasteiger partial charge in [-0.1, -0.05) is 72.3 Å². The van der Waals surface area contributed by atoms with Gasteiger partial charge in [0.05, 0.1) is 18.9 Å². The summed E-state index contributed by atoms with van der Waals surface area (Å²) in [6, 6.07) is 23.6. The van der Waals surface area contributed by atoms with E-state index in [1.165, 1.54) is 7.05 Å². The van der Waals surface area contributed by atoms with Crippen LogP contribution in [0.5, 0.6) is 0 Å². The van der Waals surface area contributed by atoms with Gasteiger partial charge in [-0.05, 0) is 29.3 Å². The molecular formula is C25H23ClN2O4S. The fourth-order valence-corrected chi connectivity index (χ4v) is 5.36. The molecule has 0 saturated carbocycles. The fourth-order valence-electron chi connectivity index (χ4n) is 3.70. The Morgan fingerprint density at radius 1 is 1.00 bits per heavy atom. The highest BCUT2D eigenvalue weighted by molar-refractivity contribution is 7.97. The van der Waals surface area contributed by atoms with Crippen molar-refractivity contribution in [3.05, 3.63) is 105 Å². The highest BCUT2D eigenvalue weighted by atomic mass is 35.5. The number of carbonyl (C=O) groups is 1. The normalized spacial score (nSPS) is 14.7. The average molecular weight is 483 g/mol. The minimum absolute atomic E-state index is 0.166. The van der Waals surface area contributed by atoms with Gasteiger partial charge in [-0.3, -0.25) is 9.10 Å². The zero-order valence-electron chi connectivity index (χ0n) is 18.0. The molecule has 0 bridgehead atoms. The van der Waals surface area contributed by atoms with Crippen LogP contribution >= 0.6 is 11.6 Å². The number of rotatable bonds is 7. The Hall–Kier alpha value is -3.13. The number of nitrogens with zero attached hydrogens (tertiary/aromatic N) is 1. The molecule has 3 aromatic carbocycles. The number of benzene rings is 3. The quantitative estimate of drug-likeness (QED) is 0.512. The molecule has 170 valence electrons. The van der Waals surface area contributed by atoms with Gasteiger partial charge in [-0.15, -0.1) is 0 Å². The number of fused-ring (bicyclic) bond motifs is 1. The van der Waals surface area contributed by atoms with E-state index in [0.29, 0.717) is 34.0 Å². The molecule has 0 atom stereocenters. The van der Waals surface area contributed by atoms with Crippen LogP contribution in [0.25, 0.3) is 5.57 Å². The summed E-state index contributed by atoms with van der Waals surface area (Å²) in [5, 5.41) is 3.15. The standard InChI is InChI=1S/C25H23ClN2O4S/c1-28-22-13-12-20(26)16-21(22)23(19-10-6-3-7-11-19)24(33(28,30)31)25(29)27-14-15-32-17-18-8-4-2-5-9-18/h2-13,16H,14-15,17H2,1H3,(H,27,29). The summed E-state index contributed by atoms with van der Waals surface area (Å²) in [5.74, 6) is -0.686. The lowest BCUT2D eigenvalue weighted by Crippen LogP contribution is -2.40. The van der Waals surface area contributed by atoms with E-state index in [4.69, 9.17) is 16.3 Å². The lowest BCUT2D eigenvalue weighted by molar-refractivity contribution is -0.117. The summed E-state index contributed by atoms with van der Waals surface area (Å²) in [7, 11) is -2.66. The summed E-state index contributed by atoms with van der Waals surface area (Å²) in [6.07, 6.45) is 0. The molecule has 0 unspecified atom stereocenters. The van der Waals surface area contributed by atoms with Crippen molar-refractivity contribution in [2.45, 2.75) is 6.61 Å². The highest BCUT2D eigenvalue weighted by Gasteiger charge is 2.39. The van der Waals surface area contributed by atoms with Crippen LogP contribution in [-0.4, -0.2) is 34.5 Å². The number of hydrogen-bond donors (Lipinski definition) is 1. The lowest BCUT2D eigenvalue weighted by Gasteiger charge is -2.31. The third kappa shape index (κ3) is 4.80. The Labute approximate surface area is 198 Å². The largest absolute Gasteiger partial charge is 0.375 e. The topological polar surface area (TPSA) is 75.7 Å². The Morgan fingerprint density at radius 3 is 2.36 bits per heavy atom. The molecule has 0 saturated heterocycles. The second-order valence-corrected chi connectivity index (χ2v) is 9.84. The van der Waals surface area contributed by atoms with Gasteiger partial charge in [-0.25, -0.2) is 8.42 Å². The van der Waals surface area contributed by atoms with Gasteiger partial charge in [0.15, 0.2) is 4.91 Å². The van der Waals surface area contributed by atoms with Gasteiger partial charge in [0, 0.05) is 29.8 Å².